The monoisotopic (exact) mass is 398 g/mol. The number of ether oxygens (including phenoxy) is 1. The molecule has 1 aromatic carbocycles. The van der Waals surface area contributed by atoms with Crippen molar-refractivity contribution < 1.29 is 18.8 Å². The number of nitrogens with one attached hydrogen (secondary N) is 1. The summed E-state index contributed by atoms with van der Waals surface area (Å²) in [5, 5.41) is 7.47. The maximum absolute atomic E-state index is 12.3. The SMILES string of the molecule is Cc1noc(C(C)C)c1C(=O)OCC(=O)N[C@@H](C)c1ccc(Cl)cc1Cl. The molecule has 1 atom stereocenters. The molecule has 0 saturated heterocycles. The van der Waals surface area contributed by atoms with Crippen LogP contribution in [-0.2, 0) is 9.53 Å². The van der Waals surface area contributed by atoms with Crippen molar-refractivity contribution in [2.24, 2.45) is 0 Å². The Bertz CT molecular complexity index is 818. The number of halogens is 2. The number of nitrogens with zero attached hydrogens (tertiary/aromatic N) is 1. The normalized spacial score (nSPS) is 12.1. The smallest absolute Gasteiger partial charge is 0.344 e. The molecule has 0 saturated carbocycles. The lowest BCUT2D eigenvalue weighted by Crippen LogP contribution is -2.31. The predicted molar refractivity (Wildman–Crippen MR) is 98.6 cm³/mol. The van der Waals surface area contributed by atoms with Crippen LogP contribution in [0.5, 0.6) is 0 Å². The average Bonchev–Trinajstić information content (AvgIpc) is 2.94. The molecule has 0 bridgehead atoms. The third kappa shape index (κ3) is 4.77. The van der Waals surface area contributed by atoms with E-state index in [1.54, 1.807) is 32.0 Å². The maximum atomic E-state index is 12.3. The van der Waals surface area contributed by atoms with Gasteiger partial charge in [-0.2, -0.15) is 0 Å². The van der Waals surface area contributed by atoms with Crippen LogP contribution in [0.15, 0.2) is 22.7 Å². The molecule has 0 radical (unpaired) electrons. The molecule has 1 aromatic heterocycles. The highest BCUT2D eigenvalue weighted by Gasteiger charge is 2.24. The number of aryl methyl sites for hydroxylation is 1. The molecule has 0 fully saturated rings. The number of rotatable bonds is 6. The number of aromatic nitrogens is 1. The Labute approximate surface area is 161 Å². The van der Waals surface area contributed by atoms with Crippen LogP contribution in [0, 0.1) is 6.92 Å². The maximum Gasteiger partial charge on any atom is 0.344 e. The van der Waals surface area contributed by atoms with Crippen LogP contribution < -0.4 is 5.32 Å². The Kier molecular flexibility index (Phi) is 6.67. The van der Waals surface area contributed by atoms with Gasteiger partial charge in [0.1, 0.15) is 5.56 Å². The van der Waals surface area contributed by atoms with E-state index in [0.29, 0.717) is 27.1 Å². The molecule has 6 nitrogen and oxygen atoms in total. The second-order valence-corrected chi connectivity index (χ2v) is 7.04. The van der Waals surface area contributed by atoms with Gasteiger partial charge in [-0.25, -0.2) is 4.79 Å². The minimum absolute atomic E-state index is 0.0281. The van der Waals surface area contributed by atoms with Gasteiger partial charge in [0.25, 0.3) is 5.91 Å². The number of esters is 1. The Morgan fingerprint density at radius 3 is 2.58 bits per heavy atom. The van der Waals surface area contributed by atoms with Gasteiger partial charge >= 0.3 is 5.97 Å². The van der Waals surface area contributed by atoms with Gasteiger partial charge in [0, 0.05) is 16.0 Å². The zero-order valence-corrected chi connectivity index (χ0v) is 16.4. The molecule has 2 rings (SSSR count). The van der Waals surface area contributed by atoms with Crippen LogP contribution in [0.2, 0.25) is 10.0 Å². The third-order valence-electron chi connectivity index (χ3n) is 3.76. The molecule has 1 N–H and O–H groups in total. The molecule has 1 amide bonds. The summed E-state index contributed by atoms with van der Waals surface area (Å²) in [6, 6.07) is 4.66. The predicted octanol–water partition coefficient (Wildman–Crippen LogP) is 4.45. The lowest BCUT2D eigenvalue weighted by molar-refractivity contribution is -0.124. The van der Waals surface area contributed by atoms with E-state index < -0.39 is 18.5 Å². The van der Waals surface area contributed by atoms with Gasteiger partial charge in [0.15, 0.2) is 12.4 Å². The first-order chi connectivity index (χ1) is 12.2. The lowest BCUT2D eigenvalue weighted by atomic mass is 10.1. The number of hydrogen-bond acceptors (Lipinski definition) is 5. The Hall–Kier alpha value is -2.05. The summed E-state index contributed by atoms with van der Waals surface area (Å²) in [7, 11) is 0. The molecule has 26 heavy (non-hydrogen) atoms. The van der Waals surface area contributed by atoms with Crippen LogP contribution in [0.1, 0.15) is 60.1 Å². The zero-order valence-electron chi connectivity index (χ0n) is 14.9. The molecular weight excluding hydrogens is 379 g/mol. The quantitative estimate of drug-likeness (QED) is 0.726. The number of benzene rings is 1. The first-order valence-electron chi connectivity index (χ1n) is 8.08. The van der Waals surface area contributed by atoms with E-state index >= 15 is 0 Å². The fourth-order valence-corrected chi connectivity index (χ4v) is 3.02. The minimum Gasteiger partial charge on any atom is -0.452 e. The van der Waals surface area contributed by atoms with Crippen LogP contribution >= 0.6 is 23.2 Å². The third-order valence-corrected chi connectivity index (χ3v) is 4.32. The van der Waals surface area contributed by atoms with Crippen LogP contribution in [0.25, 0.3) is 0 Å². The molecule has 0 aliphatic heterocycles. The van der Waals surface area contributed by atoms with Gasteiger partial charge in [-0.1, -0.05) is 48.3 Å². The molecule has 2 aromatic rings. The molecule has 0 aliphatic carbocycles. The first kappa shape index (κ1) is 20.3. The van der Waals surface area contributed by atoms with E-state index in [-0.39, 0.29) is 17.5 Å². The van der Waals surface area contributed by atoms with Crippen molar-refractivity contribution in [2.45, 2.75) is 39.7 Å². The minimum atomic E-state index is -0.639. The van der Waals surface area contributed by atoms with Crippen LogP contribution in [0.4, 0.5) is 0 Å². The Balaban J connectivity index is 1.96. The number of amides is 1. The highest BCUT2D eigenvalue weighted by atomic mass is 35.5. The summed E-state index contributed by atoms with van der Waals surface area (Å²) >= 11 is 12.0. The molecule has 0 aliphatic rings. The van der Waals surface area contributed by atoms with Crippen molar-refractivity contribution in [3.8, 4) is 0 Å². The number of hydrogen-bond donors (Lipinski definition) is 1. The molecule has 0 unspecified atom stereocenters. The van der Waals surface area contributed by atoms with Gasteiger partial charge in [0.05, 0.1) is 11.7 Å². The van der Waals surface area contributed by atoms with Gasteiger partial charge < -0.3 is 14.6 Å². The first-order valence-corrected chi connectivity index (χ1v) is 8.83. The van der Waals surface area contributed by atoms with Gasteiger partial charge in [-0.15, -0.1) is 0 Å². The highest BCUT2D eigenvalue weighted by Crippen LogP contribution is 2.26. The summed E-state index contributed by atoms with van der Waals surface area (Å²) in [6.07, 6.45) is 0. The summed E-state index contributed by atoms with van der Waals surface area (Å²) in [6.45, 7) is 6.75. The van der Waals surface area contributed by atoms with E-state index in [4.69, 9.17) is 32.5 Å². The summed E-state index contributed by atoms with van der Waals surface area (Å²) in [4.78, 5) is 24.4. The van der Waals surface area contributed by atoms with Crippen LogP contribution in [0.3, 0.4) is 0 Å². The largest absolute Gasteiger partial charge is 0.452 e. The molecular formula is C18H20Cl2N2O4. The molecule has 8 heteroatoms. The van der Waals surface area contributed by atoms with Crippen molar-refractivity contribution >= 4 is 35.1 Å². The van der Waals surface area contributed by atoms with Gasteiger partial charge in [0.2, 0.25) is 0 Å². The van der Waals surface area contributed by atoms with E-state index in [1.165, 1.54) is 0 Å². The molecule has 140 valence electrons. The second kappa shape index (κ2) is 8.56. The number of carbonyl (C=O) groups excluding carboxylic acids is 2. The molecule has 0 spiro atoms. The van der Waals surface area contributed by atoms with E-state index in [0.717, 1.165) is 0 Å². The van der Waals surface area contributed by atoms with Crippen molar-refractivity contribution in [2.75, 3.05) is 6.61 Å². The highest BCUT2D eigenvalue weighted by molar-refractivity contribution is 6.35. The Morgan fingerprint density at radius 2 is 1.96 bits per heavy atom. The van der Waals surface area contributed by atoms with Crippen molar-refractivity contribution in [3.63, 3.8) is 0 Å². The van der Waals surface area contributed by atoms with E-state index in [9.17, 15) is 9.59 Å². The standard InChI is InChI=1S/C18H20Cl2N2O4/c1-9(2)17-16(11(4)22-26-17)18(24)25-8-15(23)21-10(3)13-6-5-12(19)7-14(13)20/h5-7,9-10H,8H2,1-4H3,(H,21,23)/t10-/m0/s1. The number of carbonyl (C=O) groups is 2. The topological polar surface area (TPSA) is 81.4 Å². The van der Waals surface area contributed by atoms with E-state index in [2.05, 4.69) is 10.5 Å². The van der Waals surface area contributed by atoms with Crippen LogP contribution in [-0.4, -0.2) is 23.6 Å². The van der Waals surface area contributed by atoms with Gasteiger partial charge in [-0.05, 0) is 31.5 Å². The lowest BCUT2D eigenvalue weighted by Gasteiger charge is -2.16. The van der Waals surface area contributed by atoms with Gasteiger partial charge in [-0.3, -0.25) is 4.79 Å². The fraction of sp³-hybridized carbons (Fsp3) is 0.389. The zero-order chi connectivity index (χ0) is 19.4. The van der Waals surface area contributed by atoms with Crippen molar-refractivity contribution in [1.82, 2.24) is 10.5 Å². The van der Waals surface area contributed by atoms with E-state index in [1.807, 2.05) is 13.8 Å². The second-order valence-electron chi connectivity index (χ2n) is 6.19. The summed E-state index contributed by atoms with van der Waals surface area (Å²) in [5.41, 5.74) is 1.41. The van der Waals surface area contributed by atoms with Crippen molar-refractivity contribution in [1.29, 1.82) is 0 Å². The summed E-state index contributed by atoms with van der Waals surface area (Å²) in [5.74, 6) is -0.675. The Morgan fingerprint density at radius 1 is 1.27 bits per heavy atom. The fourth-order valence-electron chi connectivity index (χ4n) is 2.45. The summed E-state index contributed by atoms with van der Waals surface area (Å²) < 4.78 is 10.3. The van der Waals surface area contributed by atoms with Crippen molar-refractivity contribution in [3.05, 3.63) is 50.8 Å². The average molecular weight is 399 g/mol. The molecule has 1 heterocycles.